The van der Waals surface area contributed by atoms with Crippen LogP contribution in [0.2, 0.25) is 0 Å². The second kappa shape index (κ2) is 5.93. The first-order valence-corrected chi connectivity index (χ1v) is 5.53. The van der Waals surface area contributed by atoms with Gasteiger partial charge in [0.1, 0.15) is 11.5 Å². The summed E-state index contributed by atoms with van der Waals surface area (Å²) < 4.78 is 5.55. The third-order valence-electron chi connectivity index (χ3n) is 2.77. The number of hydrogen-bond donors (Lipinski definition) is 1. The molecular formula is C12H22N2O. The van der Waals surface area contributed by atoms with Crippen molar-refractivity contribution in [2.75, 3.05) is 20.6 Å². The molecule has 1 atom stereocenters. The van der Waals surface area contributed by atoms with Crippen LogP contribution in [-0.4, -0.2) is 31.6 Å². The number of nitrogens with one attached hydrogen (secondary N) is 1. The Bertz CT molecular complexity index is 283. The smallest absolute Gasteiger partial charge is 0.118 e. The number of nitrogens with zero attached hydrogens (tertiary/aromatic N) is 1. The second-order valence-electron chi connectivity index (χ2n) is 4.17. The minimum atomic E-state index is 0.572. The highest BCUT2D eigenvalue weighted by atomic mass is 16.3. The zero-order valence-electron chi connectivity index (χ0n) is 10.2. The first-order chi connectivity index (χ1) is 7.13. The van der Waals surface area contributed by atoms with Gasteiger partial charge in [-0.2, -0.15) is 0 Å². The molecule has 1 aromatic heterocycles. The molecule has 0 fully saturated rings. The van der Waals surface area contributed by atoms with Crippen LogP contribution in [0.25, 0.3) is 0 Å². The van der Waals surface area contributed by atoms with Crippen molar-refractivity contribution in [1.82, 2.24) is 10.2 Å². The minimum Gasteiger partial charge on any atom is -0.465 e. The largest absolute Gasteiger partial charge is 0.465 e. The summed E-state index contributed by atoms with van der Waals surface area (Å²) in [5.74, 6) is 2.03. The van der Waals surface area contributed by atoms with E-state index in [4.69, 9.17) is 4.42 Å². The first-order valence-electron chi connectivity index (χ1n) is 5.53. The van der Waals surface area contributed by atoms with Gasteiger partial charge in [-0.15, -0.1) is 0 Å². The Morgan fingerprint density at radius 1 is 1.47 bits per heavy atom. The SMILES string of the molecule is CNCCC(C)N(C)Cc1ccc(C)o1. The van der Waals surface area contributed by atoms with Crippen LogP contribution in [0.1, 0.15) is 24.9 Å². The van der Waals surface area contributed by atoms with E-state index in [9.17, 15) is 0 Å². The number of furan rings is 1. The van der Waals surface area contributed by atoms with Crippen molar-refractivity contribution in [3.63, 3.8) is 0 Å². The van der Waals surface area contributed by atoms with Crippen LogP contribution in [0.15, 0.2) is 16.5 Å². The monoisotopic (exact) mass is 210 g/mol. The zero-order valence-corrected chi connectivity index (χ0v) is 10.2. The van der Waals surface area contributed by atoms with E-state index in [2.05, 4.69) is 30.3 Å². The van der Waals surface area contributed by atoms with Gasteiger partial charge in [0.25, 0.3) is 0 Å². The van der Waals surface area contributed by atoms with Gasteiger partial charge in [0.2, 0.25) is 0 Å². The van der Waals surface area contributed by atoms with Gasteiger partial charge in [-0.25, -0.2) is 0 Å². The van der Waals surface area contributed by atoms with Gasteiger partial charge in [0.15, 0.2) is 0 Å². The van der Waals surface area contributed by atoms with Crippen LogP contribution in [0, 0.1) is 6.92 Å². The Hall–Kier alpha value is -0.800. The second-order valence-corrected chi connectivity index (χ2v) is 4.17. The summed E-state index contributed by atoms with van der Waals surface area (Å²) in [6, 6.07) is 4.64. The lowest BCUT2D eigenvalue weighted by Gasteiger charge is -2.23. The molecule has 0 amide bonds. The summed E-state index contributed by atoms with van der Waals surface area (Å²) in [5.41, 5.74) is 0. The van der Waals surface area contributed by atoms with Gasteiger partial charge >= 0.3 is 0 Å². The molecule has 0 saturated heterocycles. The van der Waals surface area contributed by atoms with Gasteiger partial charge in [-0.1, -0.05) is 0 Å². The van der Waals surface area contributed by atoms with Crippen LogP contribution >= 0.6 is 0 Å². The van der Waals surface area contributed by atoms with Crippen molar-refractivity contribution in [2.45, 2.75) is 32.9 Å². The topological polar surface area (TPSA) is 28.4 Å². The van der Waals surface area contributed by atoms with Gasteiger partial charge in [0.05, 0.1) is 6.54 Å². The van der Waals surface area contributed by atoms with Crippen LogP contribution in [0.4, 0.5) is 0 Å². The fraction of sp³-hybridized carbons (Fsp3) is 0.667. The molecule has 0 aliphatic rings. The van der Waals surface area contributed by atoms with E-state index in [1.165, 1.54) is 0 Å². The zero-order chi connectivity index (χ0) is 11.3. The molecule has 15 heavy (non-hydrogen) atoms. The number of rotatable bonds is 6. The molecule has 1 N–H and O–H groups in total. The van der Waals surface area contributed by atoms with Crippen LogP contribution < -0.4 is 5.32 Å². The molecule has 86 valence electrons. The van der Waals surface area contributed by atoms with E-state index in [-0.39, 0.29) is 0 Å². The molecule has 0 aliphatic carbocycles. The van der Waals surface area contributed by atoms with E-state index in [0.717, 1.165) is 31.0 Å². The van der Waals surface area contributed by atoms with Crippen molar-refractivity contribution in [1.29, 1.82) is 0 Å². The molecule has 1 heterocycles. The summed E-state index contributed by atoms with van der Waals surface area (Å²) in [5, 5.41) is 3.17. The molecular weight excluding hydrogens is 188 g/mol. The predicted molar refractivity (Wildman–Crippen MR) is 62.9 cm³/mol. The predicted octanol–water partition coefficient (Wildman–Crippen LogP) is 2.02. The minimum absolute atomic E-state index is 0.572. The van der Waals surface area contributed by atoms with Crippen molar-refractivity contribution >= 4 is 0 Å². The van der Waals surface area contributed by atoms with Gasteiger partial charge in [0, 0.05) is 6.04 Å². The third-order valence-corrected chi connectivity index (χ3v) is 2.77. The van der Waals surface area contributed by atoms with E-state index >= 15 is 0 Å². The summed E-state index contributed by atoms with van der Waals surface area (Å²) >= 11 is 0. The summed E-state index contributed by atoms with van der Waals surface area (Å²) in [7, 11) is 4.13. The molecule has 3 nitrogen and oxygen atoms in total. The molecule has 0 radical (unpaired) electrons. The standard InChI is InChI=1S/C12H22N2O/c1-10(7-8-13-3)14(4)9-12-6-5-11(2)15-12/h5-6,10,13H,7-9H2,1-4H3. The Kier molecular flexibility index (Phi) is 4.85. The molecule has 0 bridgehead atoms. The van der Waals surface area contributed by atoms with Crippen molar-refractivity contribution in [3.05, 3.63) is 23.7 Å². The van der Waals surface area contributed by atoms with Crippen LogP contribution in [-0.2, 0) is 6.54 Å². The van der Waals surface area contributed by atoms with Gasteiger partial charge in [-0.05, 0) is 53.0 Å². The highest BCUT2D eigenvalue weighted by molar-refractivity contribution is 5.05. The molecule has 1 aromatic rings. The maximum absolute atomic E-state index is 5.55. The number of aryl methyl sites for hydroxylation is 1. The van der Waals surface area contributed by atoms with Crippen molar-refractivity contribution < 1.29 is 4.42 Å². The lowest BCUT2D eigenvalue weighted by Crippen LogP contribution is -2.31. The molecule has 1 unspecified atom stereocenters. The molecule has 1 rings (SSSR count). The summed E-state index contributed by atoms with van der Waals surface area (Å²) in [6.45, 7) is 6.17. The third kappa shape index (κ3) is 4.06. The van der Waals surface area contributed by atoms with Crippen LogP contribution in [0.5, 0.6) is 0 Å². The Morgan fingerprint density at radius 3 is 2.73 bits per heavy atom. The Labute approximate surface area is 92.5 Å². The summed E-state index contributed by atoms with van der Waals surface area (Å²) in [4.78, 5) is 2.32. The van der Waals surface area contributed by atoms with E-state index in [0.29, 0.717) is 6.04 Å². The molecule has 3 heteroatoms. The summed E-state index contributed by atoms with van der Waals surface area (Å²) in [6.07, 6.45) is 1.16. The molecule has 0 spiro atoms. The average molecular weight is 210 g/mol. The fourth-order valence-electron chi connectivity index (χ4n) is 1.55. The Morgan fingerprint density at radius 2 is 2.20 bits per heavy atom. The molecule has 0 saturated carbocycles. The van der Waals surface area contributed by atoms with Gasteiger partial charge in [-0.3, -0.25) is 4.90 Å². The Balaban J connectivity index is 2.37. The van der Waals surface area contributed by atoms with E-state index in [1.54, 1.807) is 0 Å². The fourth-order valence-corrected chi connectivity index (χ4v) is 1.55. The highest BCUT2D eigenvalue weighted by Gasteiger charge is 2.10. The van der Waals surface area contributed by atoms with Crippen molar-refractivity contribution in [3.8, 4) is 0 Å². The van der Waals surface area contributed by atoms with Crippen LogP contribution in [0.3, 0.4) is 0 Å². The van der Waals surface area contributed by atoms with E-state index in [1.807, 2.05) is 20.0 Å². The normalized spacial score (nSPS) is 13.4. The van der Waals surface area contributed by atoms with Crippen molar-refractivity contribution in [2.24, 2.45) is 0 Å². The first kappa shape index (κ1) is 12.3. The molecule has 0 aliphatic heterocycles. The lowest BCUT2D eigenvalue weighted by atomic mass is 10.2. The van der Waals surface area contributed by atoms with E-state index < -0.39 is 0 Å². The maximum atomic E-state index is 5.55. The average Bonchev–Trinajstić information content (AvgIpc) is 2.60. The maximum Gasteiger partial charge on any atom is 0.118 e. The van der Waals surface area contributed by atoms with Gasteiger partial charge < -0.3 is 9.73 Å². The highest BCUT2D eigenvalue weighted by Crippen LogP contribution is 2.11. The quantitative estimate of drug-likeness (QED) is 0.778. The molecule has 0 aromatic carbocycles. The number of hydrogen-bond acceptors (Lipinski definition) is 3. The lowest BCUT2D eigenvalue weighted by molar-refractivity contribution is 0.219.